The van der Waals surface area contributed by atoms with Crippen molar-refractivity contribution in [3.63, 3.8) is 0 Å². The van der Waals surface area contributed by atoms with Crippen molar-refractivity contribution in [1.82, 2.24) is 0 Å². The van der Waals surface area contributed by atoms with E-state index in [4.69, 9.17) is 0 Å². The maximum Gasteiger partial charge on any atom is 0.422 e. The van der Waals surface area contributed by atoms with E-state index in [0.717, 1.165) is 0 Å². The zero-order valence-corrected chi connectivity index (χ0v) is 16.7. The molecule has 0 bridgehead atoms. The summed E-state index contributed by atoms with van der Waals surface area (Å²) in [6, 6.07) is 19.1. The van der Waals surface area contributed by atoms with Gasteiger partial charge in [0.15, 0.2) is 6.61 Å². The molecule has 1 amide bonds. The Kier molecular flexibility index (Phi) is 6.50. The minimum atomic E-state index is -4.47. The van der Waals surface area contributed by atoms with Gasteiger partial charge in [0.25, 0.3) is 15.9 Å². The Morgan fingerprint density at radius 2 is 1.55 bits per heavy atom. The number of carbonyl (C=O) groups excluding carboxylic acids is 1. The average molecular weight is 450 g/mol. The predicted molar refractivity (Wildman–Crippen MR) is 110 cm³/mol. The molecule has 0 atom stereocenters. The molecule has 0 fully saturated rings. The van der Waals surface area contributed by atoms with Crippen LogP contribution in [0.25, 0.3) is 0 Å². The van der Waals surface area contributed by atoms with Crippen molar-refractivity contribution in [3.05, 3.63) is 84.4 Å². The van der Waals surface area contributed by atoms with Gasteiger partial charge in [-0.25, -0.2) is 8.42 Å². The molecule has 10 heteroatoms. The number of amides is 1. The van der Waals surface area contributed by atoms with E-state index in [0.29, 0.717) is 0 Å². The molecule has 0 aromatic heterocycles. The Balaban J connectivity index is 1.64. The van der Waals surface area contributed by atoms with Crippen LogP contribution in [0, 0.1) is 0 Å². The van der Waals surface area contributed by atoms with Gasteiger partial charge in [0.2, 0.25) is 0 Å². The highest BCUT2D eigenvalue weighted by Gasteiger charge is 2.28. The summed E-state index contributed by atoms with van der Waals surface area (Å²) in [4.78, 5) is 12.5. The number of hydrogen-bond acceptors (Lipinski definition) is 4. The first-order chi connectivity index (χ1) is 14.6. The van der Waals surface area contributed by atoms with Gasteiger partial charge in [0.1, 0.15) is 5.75 Å². The number of alkyl halides is 3. The quantitative estimate of drug-likeness (QED) is 0.548. The maximum atomic E-state index is 12.4. The summed E-state index contributed by atoms with van der Waals surface area (Å²) >= 11 is 0. The molecule has 6 nitrogen and oxygen atoms in total. The molecule has 3 aromatic rings. The summed E-state index contributed by atoms with van der Waals surface area (Å²) in [7, 11) is -3.76. The lowest BCUT2D eigenvalue weighted by molar-refractivity contribution is -0.153. The van der Waals surface area contributed by atoms with Gasteiger partial charge in [-0.1, -0.05) is 24.3 Å². The van der Waals surface area contributed by atoms with Gasteiger partial charge in [-0.2, -0.15) is 13.2 Å². The number of benzene rings is 3. The molecule has 2 N–H and O–H groups in total. The fourth-order valence-electron chi connectivity index (χ4n) is 2.54. The summed E-state index contributed by atoms with van der Waals surface area (Å²) in [5.74, 6) is -0.564. The molecular formula is C21H17F3N2O4S. The predicted octanol–water partition coefficient (Wildman–Crippen LogP) is 4.68. The van der Waals surface area contributed by atoms with Crippen molar-refractivity contribution < 1.29 is 31.1 Å². The lowest BCUT2D eigenvalue weighted by atomic mass is 10.2. The molecule has 0 unspecified atom stereocenters. The SMILES string of the molecule is O=C(Nc1cccc(OCC(F)(F)F)c1)c1ccc(NS(=O)(=O)c2ccccc2)cc1. The number of halogens is 3. The number of nitrogens with one attached hydrogen (secondary N) is 2. The summed E-state index contributed by atoms with van der Waals surface area (Å²) in [6.07, 6.45) is -4.47. The number of anilines is 2. The number of ether oxygens (including phenoxy) is 1. The lowest BCUT2D eigenvalue weighted by Crippen LogP contribution is -2.19. The zero-order chi connectivity index (χ0) is 22.5. The van der Waals surface area contributed by atoms with Crippen molar-refractivity contribution in [2.24, 2.45) is 0 Å². The first-order valence-electron chi connectivity index (χ1n) is 8.91. The van der Waals surface area contributed by atoms with Gasteiger partial charge in [-0.15, -0.1) is 0 Å². The number of sulfonamides is 1. The fraction of sp³-hybridized carbons (Fsp3) is 0.0952. The Morgan fingerprint density at radius 3 is 2.19 bits per heavy atom. The molecule has 0 aliphatic rings. The van der Waals surface area contributed by atoms with Gasteiger partial charge >= 0.3 is 6.18 Å². The normalized spacial score (nSPS) is 11.6. The van der Waals surface area contributed by atoms with Crippen LogP contribution in [-0.2, 0) is 10.0 Å². The van der Waals surface area contributed by atoms with Crippen molar-refractivity contribution in [3.8, 4) is 5.75 Å². The van der Waals surface area contributed by atoms with Crippen LogP contribution >= 0.6 is 0 Å². The highest BCUT2D eigenvalue weighted by molar-refractivity contribution is 7.92. The smallest absolute Gasteiger partial charge is 0.422 e. The van der Waals surface area contributed by atoms with Crippen LogP contribution in [0.15, 0.2) is 83.8 Å². The fourth-order valence-corrected chi connectivity index (χ4v) is 3.62. The van der Waals surface area contributed by atoms with E-state index in [-0.39, 0.29) is 27.6 Å². The van der Waals surface area contributed by atoms with Crippen LogP contribution in [0.1, 0.15) is 10.4 Å². The van der Waals surface area contributed by atoms with E-state index in [1.165, 1.54) is 60.7 Å². The highest BCUT2D eigenvalue weighted by atomic mass is 32.2. The Bertz CT molecular complexity index is 1150. The van der Waals surface area contributed by atoms with Crippen LogP contribution in [0.5, 0.6) is 5.75 Å². The number of hydrogen-bond donors (Lipinski definition) is 2. The summed E-state index contributed by atoms with van der Waals surface area (Å²) in [5, 5.41) is 2.55. The van der Waals surface area contributed by atoms with E-state index < -0.39 is 28.7 Å². The van der Waals surface area contributed by atoms with Gasteiger partial charge in [0.05, 0.1) is 4.90 Å². The average Bonchev–Trinajstić information content (AvgIpc) is 2.73. The second-order valence-corrected chi connectivity index (χ2v) is 8.06. The van der Waals surface area contributed by atoms with Crippen LogP contribution in [0.4, 0.5) is 24.5 Å². The number of rotatable bonds is 7. The molecule has 0 aliphatic carbocycles. The van der Waals surface area contributed by atoms with Gasteiger partial charge in [0, 0.05) is 23.0 Å². The molecule has 31 heavy (non-hydrogen) atoms. The first kappa shape index (κ1) is 22.2. The van der Waals surface area contributed by atoms with Crippen LogP contribution in [-0.4, -0.2) is 27.1 Å². The van der Waals surface area contributed by atoms with Gasteiger partial charge in [-0.05, 0) is 48.5 Å². The van der Waals surface area contributed by atoms with E-state index in [1.54, 1.807) is 18.2 Å². The topological polar surface area (TPSA) is 84.5 Å². The van der Waals surface area contributed by atoms with Gasteiger partial charge in [-0.3, -0.25) is 9.52 Å². The third-order valence-corrected chi connectivity index (χ3v) is 5.34. The third kappa shape index (κ3) is 6.48. The summed E-state index contributed by atoms with van der Waals surface area (Å²) < 4.78 is 68.5. The first-order valence-corrected chi connectivity index (χ1v) is 10.4. The van der Waals surface area contributed by atoms with E-state index in [2.05, 4.69) is 14.8 Å². The van der Waals surface area contributed by atoms with Crippen LogP contribution in [0.2, 0.25) is 0 Å². The molecule has 0 aliphatic heterocycles. The molecule has 0 spiro atoms. The standard InChI is InChI=1S/C21H17F3N2O4S/c22-21(23,24)14-30-18-6-4-5-17(13-18)25-20(27)15-9-11-16(12-10-15)26-31(28,29)19-7-2-1-3-8-19/h1-13,26H,14H2,(H,25,27). The molecule has 0 saturated carbocycles. The van der Waals surface area contributed by atoms with Crippen LogP contribution < -0.4 is 14.8 Å². The zero-order valence-electron chi connectivity index (χ0n) is 15.9. The molecule has 3 rings (SSSR count). The Morgan fingerprint density at radius 1 is 0.871 bits per heavy atom. The molecule has 0 saturated heterocycles. The van der Waals surface area contributed by atoms with Crippen molar-refractivity contribution in [1.29, 1.82) is 0 Å². The highest BCUT2D eigenvalue weighted by Crippen LogP contribution is 2.22. The van der Waals surface area contributed by atoms with E-state index >= 15 is 0 Å². The van der Waals surface area contributed by atoms with Crippen LogP contribution in [0.3, 0.4) is 0 Å². The van der Waals surface area contributed by atoms with Crippen molar-refractivity contribution in [2.45, 2.75) is 11.1 Å². The minimum Gasteiger partial charge on any atom is -0.484 e. The largest absolute Gasteiger partial charge is 0.484 e. The Hall–Kier alpha value is -3.53. The molecule has 3 aromatic carbocycles. The number of carbonyl (C=O) groups is 1. The second kappa shape index (κ2) is 9.09. The third-order valence-electron chi connectivity index (χ3n) is 3.95. The minimum absolute atomic E-state index is 0.0409. The monoisotopic (exact) mass is 450 g/mol. The molecule has 0 heterocycles. The maximum absolute atomic E-state index is 12.4. The molecule has 162 valence electrons. The Labute approximate surface area is 176 Å². The molecule has 0 radical (unpaired) electrons. The second-order valence-electron chi connectivity index (χ2n) is 6.38. The summed E-state index contributed by atoms with van der Waals surface area (Å²) in [6.45, 7) is -1.44. The lowest BCUT2D eigenvalue weighted by Gasteiger charge is -2.11. The van der Waals surface area contributed by atoms with E-state index in [1.807, 2.05) is 0 Å². The van der Waals surface area contributed by atoms with Crippen molar-refractivity contribution >= 4 is 27.3 Å². The van der Waals surface area contributed by atoms with Crippen molar-refractivity contribution in [2.75, 3.05) is 16.6 Å². The van der Waals surface area contributed by atoms with E-state index in [9.17, 15) is 26.4 Å². The molecular weight excluding hydrogens is 433 g/mol. The summed E-state index contributed by atoms with van der Waals surface area (Å²) in [5.41, 5.74) is 0.741. The van der Waals surface area contributed by atoms with Gasteiger partial charge < -0.3 is 10.1 Å².